The lowest BCUT2D eigenvalue weighted by Gasteiger charge is -2.39. The van der Waals surface area contributed by atoms with Crippen molar-refractivity contribution in [2.24, 2.45) is 0 Å². The highest BCUT2D eigenvalue weighted by Gasteiger charge is 2.31. The highest BCUT2D eigenvalue weighted by Crippen LogP contribution is 2.35. The predicted molar refractivity (Wildman–Crippen MR) is 152 cm³/mol. The van der Waals surface area contributed by atoms with Crippen LogP contribution < -0.4 is 10.6 Å². The minimum absolute atomic E-state index is 0.0301. The van der Waals surface area contributed by atoms with Gasteiger partial charge in [0.05, 0.1) is 23.8 Å². The summed E-state index contributed by atoms with van der Waals surface area (Å²) in [7, 11) is 0. The SMILES string of the molecule is C=C(C=O)CN1CC(NC(=O)c2c(C)nc(CNc3n[nH]c4cc(Cl)c(C(C)(C)C)cc34)n2C(C)CC)C1. The van der Waals surface area contributed by atoms with Crippen molar-refractivity contribution < 1.29 is 9.59 Å². The Balaban J connectivity index is 1.53. The van der Waals surface area contributed by atoms with E-state index < -0.39 is 0 Å². The number of aryl methyl sites for hydroxylation is 1. The average molecular weight is 540 g/mol. The normalized spacial score (nSPS) is 15.3. The van der Waals surface area contributed by atoms with Crippen molar-refractivity contribution in [1.29, 1.82) is 0 Å². The molecule has 38 heavy (non-hydrogen) atoms. The second kappa shape index (κ2) is 10.9. The van der Waals surface area contributed by atoms with Crippen molar-refractivity contribution in [1.82, 2.24) is 30.0 Å². The van der Waals surface area contributed by atoms with Crippen LogP contribution in [0.15, 0.2) is 24.3 Å². The number of aldehydes is 1. The minimum Gasteiger partial charge on any atom is -0.361 e. The molecule has 0 aliphatic carbocycles. The molecule has 0 radical (unpaired) electrons. The van der Waals surface area contributed by atoms with E-state index in [4.69, 9.17) is 16.6 Å². The first-order chi connectivity index (χ1) is 17.9. The Morgan fingerprint density at radius 3 is 2.68 bits per heavy atom. The van der Waals surface area contributed by atoms with E-state index in [9.17, 15) is 9.59 Å². The third-order valence-corrected chi connectivity index (χ3v) is 7.48. The molecule has 1 aliphatic heterocycles. The number of nitrogens with one attached hydrogen (secondary N) is 3. The maximum Gasteiger partial charge on any atom is 0.270 e. The number of likely N-dealkylation sites (tertiary alicyclic amines) is 1. The van der Waals surface area contributed by atoms with E-state index in [0.717, 1.165) is 40.8 Å². The quantitative estimate of drug-likeness (QED) is 0.253. The second-order valence-electron chi connectivity index (χ2n) is 11.3. The van der Waals surface area contributed by atoms with Crippen LogP contribution in [0.1, 0.15) is 74.7 Å². The fourth-order valence-corrected chi connectivity index (χ4v) is 5.39. The van der Waals surface area contributed by atoms with Gasteiger partial charge in [0.15, 0.2) is 5.82 Å². The fourth-order valence-electron chi connectivity index (χ4n) is 4.94. The van der Waals surface area contributed by atoms with Crippen molar-refractivity contribution in [3.05, 3.63) is 52.1 Å². The number of rotatable bonds is 10. The van der Waals surface area contributed by atoms with E-state index in [2.05, 4.69) is 73.0 Å². The Labute approximate surface area is 229 Å². The number of hydrogen-bond acceptors (Lipinski definition) is 6. The summed E-state index contributed by atoms with van der Waals surface area (Å²) in [6, 6.07) is 4.12. The number of fused-ring (bicyclic) bond motifs is 1. The summed E-state index contributed by atoms with van der Waals surface area (Å²) in [5, 5.41) is 15.8. The molecule has 1 saturated heterocycles. The van der Waals surface area contributed by atoms with Crippen molar-refractivity contribution in [2.75, 3.05) is 25.0 Å². The fraction of sp³-hybridized carbons (Fsp3) is 0.500. The van der Waals surface area contributed by atoms with Gasteiger partial charge in [0.2, 0.25) is 0 Å². The van der Waals surface area contributed by atoms with Gasteiger partial charge in [-0.1, -0.05) is 45.9 Å². The summed E-state index contributed by atoms with van der Waals surface area (Å²) < 4.78 is 2.04. The van der Waals surface area contributed by atoms with Crippen LogP contribution in [0.5, 0.6) is 0 Å². The molecule has 1 aliphatic rings. The minimum atomic E-state index is -0.130. The van der Waals surface area contributed by atoms with E-state index >= 15 is 0 Å². The number of amides is 1. The smallest absolute Gasteiger partial charge is 0.270 e. The largest absolute Gasteiger partial charge is 0.361 e. The van der Waals surface area contributed by atoms with Gasteiger partial charge in [0.25, 0.3) is 5.91 Å². The summed E-state index contributed by atoms with van der Waals surface area (Å²) in [6.45, 7) is 18.5. The lowest BCUT2D eigenvalue weighted by atomic mass is 9.86. The molecule has 3 aromatic rings. The highest BCUT2D eigenvalue weighted by atomic mass is 35.5. The molecule has 9 nitrogen and oxygen atoms in total. The lowest BCUT2D eigenvalue weighted by molar-refractivity contribution is -0.105. The van der Waals surface area contributed by atoms with Crippen LogP contribution in [-0.4, -0.2) is 62.5 Å². The van der Waals surface area contributed by atoms with Gasteiger partial charge in [-0.15, -0.1) is 0 Å². The van der Waals surface area contributed by atoms with E-state index in [1.54, 1.807) is 0 Å². The summed E-state index contributed by atoms with van der Waals surface area (Å²) >= 11 is 6.54. The average Bonchev–Trinajstić information content (AvgIpc) is 3.38. The number of anilines is 1. The lowest BCUT2D eigenvalue weighted by Crippen LogP contribution is -2.59. The molecule has 10 heteroatoms. The standard InChI is InChI=1S/C28H38ClN7O2/c1-8-17(3)36-24(11-30-26-20-9-21(28(5,6)7)22(29)10-23(20)33-34-26)31-18(4)25(36)27(38)32-19-13-35(14-19)12-16(2)15-37/h9-10,15,17,19H,2,8,11-14H2,1,3-7H3,(H,32,38)(H2,30,33,34). The second-order valence-corrected chi connectivity index (χ2v) is 11.7. The molecule has 4 rings (SSSR count). The maximum absolute atomic E-state index is 13.4. The highest BCUT2D eigenvalue weighted by molar-refractivity contribution is 6.32. The number of halogens is 1. The molecule has 1 aromatic carbocycles. The van der Waals surface area contributed by atoms with Gasteiger partial charge >= 0.3 is 0 Å². The summed E-state index contributed by atoms with van der Waals surface area (Å²) in [6.07, 6.45) is 1.63. The predicted octanol–water partition coefficient (Wildman–Crippen LogP) is 4.77. The van der Waals surface area contributed by atoms with Crippen LogP contribution in [0.2, 0.25) is 5.02 Å². The maximum atomic E-state index is 13.4. The van der Waals surface area contributed by atoms with E-state index in [0.29, 0.717) is 48.2 Å². The van der Waals surface area contributed by atoms with Crippen molar-refractivity contribution in [2.45, 2.75) is 72.0 Å². The molecule has 2 aromatic heterocycles. The molecule has 204 valence electrons. The van der Waals surface area contributed by atoms with Crippen molar-refractivity contribution in [3.8, 4) is 0 Å². The van der Waals surface area contributed by atoms with Gasteiger partial charge < -0.3 is 15.2 Å². The monoisotopic (exact) mass is 539 g/mol. The van der Waals surface area contributed by atoms with Crippen LogP contribution >= 0.6 is 11.6 Å². The molecule has 0 bridgehead atoms. The number of hydrogen-bond donors (Lipinski definition) is 3. The Morgan fingerprint density at radius 1 is 1.34 bits per heavy atom. The molecule has 0 saturated carbocycles. The van der Waals surface area contributed by atoms with Crippen LogP contribution in [-0.2, 0) is 16.8 Å². The first kappa shape index (κ1) is 27.9. The molecule has 3 N–H and O–H groups in total. The third kappa shape index (κ3) is 5.63. The first-order valence-electron chi connectivity index (χ1n) is 13.1. The molecule has 1 unspecified atom stereocenters. The number of carbonyl (C=O) groups is 2. The molecule has 1 fully saturated rings. The molecular weight excluding hydrogens is 502 g/mol. The van der Waals surface area contributed by atoms with Crippen LogP contribution in [0.4, 0.5) is 5.82 Å². The summed E-state index contributed by atoms with van der Waals surface area (Å²) in [4.78, 5) is 31.1. The van der Waals surface area contributed by atoms with Gasteiger partial charge in [-0.25, -0.2) is 4.98 Å². The van der Waals surface area contributed by atoms with E-state index in [1.807, 2.05) is 17.6 Å². The Bertz CT molecular complexity index is 1360. The first-order valence-corrected chi connectivity index (χ1v) is 13.5. The molecule has 3 heterocycles. The third-order valence-electron chi connectivity index (χ3n) is 7.16. The summed E-state index contributed by atoms with van der Waals surface area (Å²) in [5.74, 6) is 1.37. The molecule has 1 amide bonds. The Morgan fingerprint density at radius 2 is 2.05 bits per heavy atom. The number of carbonyl (C=O) groups excluding carboxylic acids is 2. The zero-order valence-electron chi connectivity index (χ0n) is 23.1. The van der Waals surface area contributed by atoms with Gasteiger partial charge in [0, 0.05) is 36.1 Å². The van der Waals surface area contributed by atoms with Crippen LogP contribution in [0.3, 0.4) is 0 Å². The number of aromatic nitrogens is 4. The zero-order valence-corrected chi connectivity index (χ0v) is 23.9. The molecule has 0 spiro atoms. The van der Waals surface area contributed by atoms with Gasteiger partial charge in [-0.3, -0.25) is 19.6 Å². The summed E-state index contributed by atoms with van der Waals surface area (Å²) in [5.41, 5.74) is 3.63. The van der Waals surface area contributed by atoms with Crippen molar-refractivity contribution in [3.63, 3.8) is 0 Å². The number of H-pyrrole nitrogens is 1. The van der Waals surface area contributed by atoms with Gasteiger partial charge in [-0.2, -0.15) is 5.10 Å². The zero-order chi connectivity index (χ0) is 27.8. The topological polar surface area (TPSA) is 108 Å². The number of aromatic amines is 1. The number of nitrogens with zero attached hydrogens (tertiary/aromatic N) is 4. The number of benzene rings is 1. The van der Waals surface area contributed by atoms with E-state index in [1.165, 1.54) is 0 Å². The molecule has 1 atom stereocenters. The van der Waals surface area contributed by atoms with Crippen molar-refractivity contribution >= 4 is 40.5 Å². The molecular formula is C28H38ClN7O2. The van der Waals surface area contributed by atoms with Crippen LogP contribution in [0.25, 0.3) is 10.9 Å². The van der Waals surface area contributed by atoms with Gasteiger partial charge in [0.1, 0.15) is 17.8 Å². The Hall–Kier alpha value is -3.17. The van der Waals surface area contributed by atoms with E-state index in [-0.39, 0.29) is 23.4 Å². The Kier molecular flexibility index (Phi) is 7.99. The van der Waals surface area contributed by atoms with Crippen LogP contribution in [0, 0.1) is 6.92 Å². The van der Waals surface area contributed by atoms with Gasteiger partial charge in [-0.05, 0) is 49.0 Å². The number of imidazole rings is 1.